The predicted molar refractivity (Wildman–Crippen MR) is 123 cm³/mol. The molecule has 0 aliphatic heterocycles. The number of hydrogen-bond acceptors (Lipinski definition) is 2. The highest BCUT2D eigenvalue weighted by molar-refractivity contribution is 7.86. The van der Waals surface area contributed by atoms with Crippen LogP contribution in [-0.2, 0) is 10.8 Å². The van der Waals surface area contributed by atoms with Crippen molar-refractivity contribution in [3.63, 3.8) is 0 Å². The van der Waals surface area contributed by atoms with Crippen LogP contribution in [0.5, 0.6) is 0 Å². The Hall–Kier alpha value is 0.110. The van der Waals surface area contributed by atoms with Crippen LogP contribution in [0.2, 0.25) is 0 Å². The quantitative estimate of drug-likeness (QED) is 0.201. The Bertz CT molecular complexity index is 316. The Morgan fingerprint density at radius 1 is 0.593 bits per heavy atom. The second-order valence-electron chi connectivity index (χ2n) is 8.31. The molecule has 164 valence electrons. The van der Waals surface area contributed by atoms with Crippen LogP contribution >= 0.6 is 0 Å². The molecule has 0 bridgehead atoms. The topological polar surface area (TPSA) is 37.3 Å². The summed E-state index contributed by atoms with van der Waals surface area (Å²) in [6.07, 6.45) is 23.7. The molecular formula is C24H50O2S. The van der Waals surface area contributed by atoms with Crippen LogP contribution in [0.4, 0.5) is 0 Å². The van der Waals surface area contributed by atoms with Crippen LogP contribution in [-0.4, -0.2) is 26.4 Å². The van der Waals surface area contributed by atoms with Crippen LogP contribution in [0.15, 0.2) is 0 Å². The van der Waals surface area contributed by atoms with Crippen molar-refractivity contribution in [3.05, 3.63) is 0 Å². The van der Waals surface area contributed by atoms with Crippen molar-refractivity contribution < 1.29 is 9.32 Å². The van der Waals surface area contributed by atoms with E-state index in [0.29, 0.717) is 0 Å². The summed E-state index contributed by atoms with van der Waals surface area (Å²) in [6.45, 7) is 6.51. The lowest BCUT2D eigenvalue weighted by atomic mass is 10.0. The molecule has 0 spiro atoms. The van der Waals surface area contributed by atoms with Crippen LogP contribution in [0, 0.1) is 0 Å². The Labute approximate surface area is 173 Å². The molecular weight excluding hydrogens is 352 g/mol. The lowest BCUT2D eigenvalue weighted by Gasteiger charge is -2.20. The second-order valence-corrected chi connectivity index (χ2v) is 10.3. The molecule has 0 saturated carbocycles. The van der Waals surface area contributed by atoms with Crippen molar-refractivity contribution in [2.75, 3.05) is 6.61 Å². The lowest BCUT2D eigenvalue weighted by Crippen LogP contribution is -2.28. The Balaban J connectivity index is 3.42. The van der Waals surface area contributed by atoms with Crippen LogP contribution in [0.1, 0.15) is 136 Å². The molecule has 0 aliphatic carbocycles. The van der Waals surface area contributed by atoms with Gasteiger partial charge in [0.2, 0.25) is 0 Å². The van der Waals surface area contributed by atoms with Crippen molar-refractivity contribution in [2.45, 2.75) is 147 Å². The van der Waals surface area contributed by atoms with E-state index in [-0.39, 0.29) is 17.1 Å². The molecule has 0 aliphatic rings. The molecule has 0 saturated heterocycles. The number of rotatable bonds is 21. The first kappa shape index (κ1) is 27.1. The van der Waals surface area contributed by atoms with Gasteiger partial charge in [0.05, 0.1) is 11.9 Å². The number of hydrogen-bond donors (Lipinski definition) is 1. The molecule has 0 fully saturated rings. The van der Waals surface area contributed by atoms with Gasteiger partial charge in [-0.05, 0) is 19.3 Å². The van der Waals surface area contributed by atoms with E-state index in [1.54, 1.807) is 0 Å². The first-order valence-electron chi connectivity index (χ1n) is 12.2. The minimum Gasteiger partial charge on any atom is -0.395 e. The fraction of sp³-hybridized carbons (Fsp3) is 1.00. The molecule has 0 aromatic carbocycles. The standard InChI is InChI=1S/C24H50O2S/c1-4-7-8-9-10-11-12-13-14-15-16-17-18-19-20-21-23(5-2)27(26)24(6-3)22-25/h23-25H,4-22H2,1-3H3. The Kier molecular flexibility index (Phi) is 20.9. The van der Waals surface area contributed by atoms with Gasteiger partial charge in [0, 0.05) is 16.0 Å². The highest BCUT2D eigenvalue weighted by Crippen LogP contribution is 2.19. The van der Waals surface area contributed by atoms with E-state index >= 15 is 0 Å². The first-order chi connectivity index (χ1) is 13.2. The van der Waals surface area contributed by atoms with Gasteiger partial charge in [-0.1, -0.05) is 117 Å². The molecule has 0 rings (SSSR count). The monoisotopic (exact) mass is 402 g/mol. The molecule has 0 aromatic rings. The van der Waals surface area contributed by atoms with Gasteiger partial charge in [-0.25, -0.2) is 0 Å². The van der Waals surface area contributed by atoms with Crippen LogP contribution in [0.25, 0.3) is 0 Å². The fourth-order valence-corrected chi connectivity index (χ4v) is 5.61. The van der Waals surface area contributed by atoms with Gasteiger partial charge in [-0.15, -0.1) is 0 Å². The van der Waals surface area contributed by atoms with Gasteiger partial charge in [0.25, 0.3) is 0 Å². The Morgan fingerprint density at radius 3 is 1.30 bits per heavy atom. The van der Waals surface area contributed by atoms with Gasteiger partial charge in [-0.2, -0.15) is 0 Å². The van der Waals surface area contributed by atoms with Crippen molar-refractivity contribution in [2.24, 2.45) is 0 Å². The summed E-state index contributed by atoms with van der Waals surface area (Å²) in [7, 11) is -0.863. The molecule has 3 atom stereocenters. The smallest absolute Gasteiger partial charge is 0.0579 e. The summed E-state index contributed by atoms with van der Waals surface area (Å²) in [4.78, 5) is 0. The second kappa shape index (κ2) is 20.8. The number of aliphatic hydroxyl groups excluding tert-OH is 1. The largest absolute Gasteiger partial charge is 0.395 e. The highest BCUT2D eigenvalue weighted by Gasteiger charge is 2.21. The summed E-state index contributed by atoms with van der Waals surface area (Å²) in [5, 5.41) is 9.61. The van der Waals surface area contributed by atoms with Crippen LogP contribution < -0.4 is 0 Å². The summed E-state index contributed by atoms with van der Waals surface area (Å²) < 4.78 is 12.5. The fourth-order valence-electron chi connectivity index (χ4n) is 3.87. The molecule has 0 aromatic heterocycles. The minimum atomic E-state index is -0.863. The Morgan fingerprint density at radius 2 is 0.963 bits per heavy atom. The third-order valence-corrected chi connectivity index (χ3v) is 8.27. The van der Waals surface area contributed by atoms with Crippen molar-refractivity contribution >= 4 is 10.8 Å². The third-order valence-electron chi connectivity index (χ3n) is 5.90. The number of unbranched alkanes of at least 4 members (excludes halogenated alkanes) is 14. The average Bonchev–Trinajstić information content (AvgIpc) is 2.68. The highest BCUT2D eigenvalue weighted by atomic mass is 32.2. The van der Waals surface area contributed by atoms with Crippen molar-refractivity contribution in [1.82, 2.24) is 0 Å². The summed E-state index contributed by atoms with van der Waals surface area (Å²) >= 11 is 0. The maximum atomic E-state index is 12.5. The van der Waals surface area contributed by atoms with Gasteiger partial charge in [0.15, 0.2) is 0 Å². The minimum absolute atomic E-state index is 0.0220. The van der Waals surface area contributed by atoms with E-state index in [0.717, 1.165) is 19.3 Å². The van der Waals surface area contributed by atoms with Gasteiger partial charge < -0.3 is 5.11 Å². The zero-order valence-electron chi connectivity index (χ0n) is 18.9. The SMILES string of the molecule is CCCCCCCCCCCCCCCCCC(CC)S(=O)C(CC)CO. The lowest BCUT2D eigenvalue weighted by molar-refractivity contribution is 0.290. The molecule has 3 heteroatoms. The molecule has 1 N–H and O–H groups in total. The number of aliphatic hydroxyl groups is 1. The van der Waals surface area contributed by atoms with E-state index in [4.69, 9.17) is 0 Å². The molecule has 2 nitrogen and oxygen atoms in total. The maximum absolute atomic E-state index is 12.5. The van der Waals surface area contributed by atoms with E-state index in [9.17, 15) is 9.32 Å². The molecule has 3 unspecified atom stereocenters. The summed E-state index contributed by atoms with van der Waals surface area (Å²) in [5.74, 6) is 0. The molecule has 0 amide bonds. The third kappa shape index (κ3) is 15.7. The van der Waals surface area contributed by atoms with Gasteiger partial charge in [-0.3, -0.25) is 4.21 Å². The van der Waals surface area contributed by atoms with Gasteiger partial charge >= 0.3 is 0 Å². The van der Waals surface area contributed by atoms with E-state index < -0.39 is 10.8 Å². The van der Waals surface area contributed by atoms with Crippen molar-refractivity contribution in [1.29, 1.82) is 0 Å². The maximum Gasteiger partial charge on any atom is 0.0579 e. The zero-order valence-corrected chi connectivity index (χ0v) is 19.7. The van der Waals surface area contributed by atoms with E-state index in [1.807, 2.05) is 6.92 Å². The van der Waals surface area contributed by atoms with E-state index in [1.165, 1.54) is 96.3 Å². The predicted octanol–water partition coefficient (Wildman–Crippen LogP) is 7.55. The zero-order chi connectivity index (χ0) is 20.2. The molecule has 0 heterocycles. The molecule has 0 radical (unpaired) electrons. The summed E-state index contributed by atoms with van der Waals surface area (Å²) in [6, 6.07) is 0. The normalized spacial score (nSPS) is 15.0. The van der Waals surface area contributed by atoms with Crippen molar-refractivity contribution in [3.8, 4) is 0 Å². The molecule has 27 heavy (non-hydrogen) atoms. The summed E-state index contributed by atoms with van der Waals surface area (Å²) in [5.41, 5.74) is 0. The first-order valence-corrected chi connectivity index (χ1v) is 13.5. The van der Waals surface area contributed by atoms with Crippen LogP contribution in [0.3, 0.4) is 0 Å². The average molecular weight is 403 g/mol. The van der Waals surface area contributed by atoms with E-state index in [2.05, 4.69) is 13.8 Å². The van der Waals surface area contributed by atoms with Gasteiger partial charge in [0.1, 0.15) is 0 Å².